The Morgan fingerprint density at radius 2 is 0.825 bits per heavy atom. The fraction of sp³-hybridized carbons (Fsp3) is 0.127. The normalized spacial score (nSPS) is 9.79. The van der Waals surface area contributed by atoms with E-state index in [2.05, 4.69) is 24.4 Å². The van der Waals surface area contributed by atoms with E-state index >= 15 is 0 Å². The number of hydrogen-bond donors (Lipinski definition) is 7. The van der Waals surface area contributed by atoms with Gasteiger partial charge >= 0.3 is 31.0 Å². The average molecular weight is 1100 g/mol. The van der Waals surface area contributed by atoms with Crippen LogP contribution in [-0.4, -0.2) is 89.6 Å². The van der Waals surface area contributed by atoms with Gasteiger partial charge in [-0.2, -0.15) is 5.26 Å². The number of ether oxygens (including phenoxy) is 2. The fourth-order valence-electron chi connectivity index (χ4n) is 6.60. The molecule has 3 aromatic carbocycles. The molecule has 0 saturated carbocycles. The molecule has 8 rings (SSSR count). The van der Waals surface area contributed by atoms with Crippen LogP contribution in [0.3, 0.4) is 0 Å². The molecule has 21 nitrogen and oxygen atoms in total. The summed E-state index contributed by atoms with van der Waals surface area (Å²) in [5, 5.41) is 43.0. The Balaban J connectivity index is 0.000000257. The number of nitrogens with zero attached hydrogens (tertiary/aromatic N) is 3. The summed E-state index contributed by atoms with van der Waals surface area (Å²) in [6, 6.07) is 25.5. The molecular weight excluding hydrogens is 1050 g/mol. The Kier molecular flexibility index (Phi) is 24.2. The SMILES string of the molecule is COC(=O)c1c(C)cc[nH]c1=O.COC(=O)c1c(C)ccn(-c2ccc(F)cc2)c1=O.Cc1cc[nH]c(=O)c1C#N.Cc1cc[nH]c(=O)c1C(=O)O.Cc1ccn(-c2ccc(F)cc2)c(=O)c1C(=O)O.OB(O)c1ccc(F)cc1. The number of hydrogen-bond acceptors (Lipinski definition) is 14. The summed E-state index contributed by atoms with van der Waals surface area (Å²) in [5.41, 5.74) is 1.31. The van der Waals surface area contributed by atoms with Crippen molar-refractivity contribution >= 4 is 36.5 Å². The third kappa shape index (κ3) is 17.8. The fourth-order valence-corrected chi connectivity index (χ4v) is 6.60. The third-order valence-corrected chi connectivity index (χ3v) is 10.8. The zero-order valence-electron chi connectivity index (χ0n) is 43.5. The third-order valence-electron chi connectivity index (χ3n) is 10.8. The summed E-state index contributed by atoms with van der Waals surface area (Å²) in [4.78, 5) is 108. The molecule has 0 aliphatic carbocycles. The van der Waals surface area contributed by atoms with Crippen LogP contribution in [0.15, 0.2) is 158 Å². The van der Waals surface area contributed by atoms with Crippen molar-refractivity contribution in [2.45, 2.75) is 34.6 Å². The smallest absolute Gasteiger partial charge is 0.477 e. The molecule has 5 heterocycles. The number of benzene rings is 3. The number of rotatable bonds is 7. The summed E-state index contributed by atoms with van der Waals surface area (Å²) < 4.78 is 49.3. The first-order valence-electron chi connectivity index (χ1n) is 23.0. The van der Waals surface area contributed by atoms with Crippen LogP contribution in [0.5, 0.6) is 0 Å². The lowest BCUT2D eigenvalue weighted by molar-refractivity contribution is 0.0588. The quantitative estimate of drug-likeness (QED) is 0.0818. The maximum Gasteiger partial charge on any atom is 0.488 e. The molecule has 0 aliphatic rings. The highest BCUT2D eigenvalue weighted by molar-refractivity contribution is 6.58. The number of carbonyl (C=O) groups is 4. The lowest BCUT2D eigenvalue weighted by atomic mass is 9.80. The first-order valence-corrected chi connectivity index (χ1v) is 23.0. The van der Waals surface area contributed by atoms with E-state index in [1.165, 1.54) is 133 Å². The van der Waals surface area contributed by atoms with Gasteiger partial charge in [0.25, 0.3) is 27.8 Å². The zero-order valence-corrected chi connectivity index (χ0v) is 43.5. The first kappa shape index (κ1) is 63.8. The van der Waals surface area contributed by atoms with Crippen LogP contribution in [-0.2, 0) is 9.47 Å². The van der Waals surface area contributed by atoms with Crippen molar-refractivity contribution in [2.75, 3.05) is 14.2 Å². The van der Waals surface area contributed by atoms with Crippen LogP contribution in [0.4, 0.5) is 13.2 Å². The van der Waals surface area contributed by atoms with Gasteiger partial charge in [0.15, 0.2) is 0 Å². The number of halogens is 3. The molecule has 0 atom stereocenters. The topological polar surface area (TPSA) is 334 Å². The summed E-state index contributed by atoms with van der Waals surface area (Å²) in [7, 11) is 0.950. The molecular formula is C55H50BF3N6O15. The maximum absolute atomic E-state index is 12.9. The number of aromatic carboxylic acids is 2. The Morgan fingerprint density at radius 3 is 1.16 bits per heavy atom. The number of aromatic amines is 3. The minimum atomic E-state index is -1.51. The number of H-pyrrole nitrogens is 3. The number of carboxylic acids is 2. The van der Waals surface area contributed by atoms with Crippen molar-refractivity contribution in [1.29, 1.82) is 5.26 Å². The van der Waals surface area contributed by atoms with Crippen LogP contribution in [0.25, 0.3) is 11.4 Å². The highest BCUT2D eigenvalue weighted by Gasteiger charge is 2.18. The minimum absolute atomic E-state index is 0.0191. The van der Waals surface area contributed by atoms with Crippen molar-refractivity contribution in [3.05, 3.63) is 259 Å². The van der Waals surface area contributed by atoms with Crippen LogP contribution in [0.1, 0.15) is 74.8 Å². The van der Waals surface area contributed by atoms with Gasteiger partial charge in [-0.15, -0.1) is 0 Å². The number of aryl methyl sites for hydroxylation is 5. The van der Waals surface area contributed by atoms with Crippen LogP contribution < -0.4 is 33.3 Å². The van der Waals surface area contributed by atoms with Gasteiger partial charge in [0.05, 0.1) is 14.2 Å². The van der Waals surface area contributed by atoms with E-state index in [1.807, 2.05) is 6.07 Å². The average Bonchev–Trinajstić information content (AvgIpc) is 3.40. The number of pyridine rings is 5. The number of nitriles is 1. The molecule has 0 unspecified atom stereocenters. The van der Waals surface area contributed by atoms with Gasteiger partial charge in [0.2, 0.25) is 0 Å². The molecule has 80 heavy (non-hydrogen) atoms. The van der Waals surface area contributed by atoms with Crippen molar-refractivity contribution in [3.8, 4) is 17.4 Å². The van der Waals surface area contributed by atoms with Gasteiger partial charge in [-0.25, -0.2) is 32.3 Å². The molecule has 0 amide bonds. The summed E-state index contributed by atoms with van der Waals surface area (Å²) in [6.45, 7) is 8.20. The molecule has 0 fully saturated rings. The number of carboxylic acid groups (broad SMARTS) is 2. The van der Waals surface area contributed by atoms with Crippen molar-refractivity contribution in [3.63, 3.8) is 0 Å². The predicted octanol–water partition coefficient (Wildman–Crippen LogP) is 4.97. The van der Waals surface area contributed by atoms with Gasteiger partial charge in [-0.3, -0.25) is 33.1 Å². The standard InChI is InChI=1S/C14H12FNO3.C13H10FNO3.C8H9NO3.C7H6N2O.C7H7NO3.C6H6BFO2/c1-9-7-8-16(11-5-3-10(15)4-6-11)13(17)12(9)14(18)19-2;1-8-6-7-15(12(16)11(8)13(17)18)10-4-2-9(14)3-5-10;1-5-3-4-9-7(10)6(5)8(11)12-2;1-5-2-3-9-7(10)6(5)4-8;1-4-2-3-8-6(9)5(4)7(10)11;8-6-3-1-5(2-4-6)7(9)10/h3-8H,1-2H3;2-7H,1H3,(H,17,18);3-4H,1-2H3,(H,9,10);2-3H,1H3,(H,9,10);2-3H,1H3,(H,8,9)(H,10,11);1-4,9-10H. The Morgan fingerprint density at radius 1 is 0.487 bits per heavy atom. The molecule has 0 bridgehead atoms. The lowest BCUT2D eigenvalue weighted by Crippen LogP contribution is -2.29. The second-order valence-corrected chi connectivity index (χ2v) is 16.3. The van der Waals surface area contributed by atoms with Crippen molar-refractivity contribution in [2.24, 2.45) is 0 Å². The second-order valence-electron chi connectivity index (χ2n) is 16.3. The Bertz CT molecular complexity index is 3830. The summed E-state index contributed by atoms with van der Waals surface area (Å²) in [6.07, 6.45) is 7.45. The van der Waals surface area contributed by atoms with E-state index in [-0.39, 0.29) is 39.2 Å². The molecule has 0 saturated heterocycles. The van der Waals surface area contributed by atoms with Crippen LogP contribution in [0, 0.1) is 63.4 Å². The van der Waals surface area contributed by atoms with E-state index < -0.39 is 64.9 Å². The molecule has 5 aromatic heterocycles. The van der Waals surface area contributed by atoms with E-state index in [1.54, 1.807) is 58.9 Å². The van der Waals surface area contributed by atoms with Gasteiger partial charge in [-0.05, 0) is 159 Å². The largest absolute Gasteiger partial charge is 0.488 e. The van der Waals surface area contributed by atoms with Crippen molar-refractivity contribution < 1.29 is 62.1 Å². The lowest BCUT2D eigenvalue weighted by Gasteiger charge is -2.09. The van der Waals surface area contributed by atoms with Crippen molar-refractivity contribution in [1.82, 2.24) is 24.1 Å². The van der Waals surface area contributed by atoms with Gasteiger partial charge in [0.1, 0.15) is 51.3 Å². The number of methoxy groups -OCH3 is 2. The van der Waals surface area contributed by atoms with Gasteiger partial charge in [-0.1, -0.05) is 12.1 Å². The van der Waals surface area contributed by atoms with Gasteiger partial charge < -0.3 is 44.7 Å². The Hall–Kier alpha value is -10.4. The molecule has 0 aliphatic heterocycles. The van der Waals surface area contributed by atoms with E-state index in [0.29, 0.717) is 44.7 Å². The zero-order chi connectivity index (χ0) is 60.0. The second kappa shape index (κ2) is 30.3. The monoisotopic (exact) mass is 1100 g/mol. The Labute approximate surface area is 451 Å². The summed E-state index contributed by atoms with van der Waals surface area (Å²) >= 11 is 0. The van der Waals surface area contributed by atoms with E-state index in [9.17, 15) is 56.3 Å². The number of esters is 2. The molecule has 8 aromatic rings. The number of aromatic nitrogens is 5. The minimum Gasteiger partial charge on any atom is -0.477 e. The molecule has 414 valence electrons. The molecule has 7 N–H and O–H groups in total. The number of carbonyl (C=O) groups excluding carboxylic acids is 2. The summed E-state index contributed by atoms with van der Waals surface area (Å²) in [5.74, 6) is -4.94. The van der Waals surface area contributed by atoms with Crippen LogP contribution >= 0.6 is 0 Å². The first-order chi connectivity index (χ1) is 37.8. The van der Waals surface area contributed by atoms with Gasteiger partial charge in [0, 0.05) is 42.4 Å². The highest BCUT2D eigenvalue weighted by atomic mass is 19.1. The highest BCUT2D eigenvalue weighted by Crippen LogP contribution is 2.12. The van der Waals surface area contributed by atoms with Crippen LogP contribution in [0.2, 0.25) is 0 Å². The maximum atomic E-state index is 12.9. The predicted molar refractivity (Wildman–Crippen MR) is 286 cm³/mol. The van der Waals surface area contributed by atoms with E-state index in [0.717, 1.165) is 0 Å². The molecule has 25 heteroatoms. The molecule has 0 spiro atoms. The molecule has 0 radical (unpaired) electrons. The number of nitrogens with one attached hydrogen (secondary N) is 3. The van der Waals surface area contributed by atoms with E-state index in [4.69, 9.17) is 25.5 Å².